The highest BCUT2D eigenvalue weighted by molar-refractivity contribution is 5.71. The zero-order chi connectivity index (χ0) is 38.9. The van der Waals surface area contributed by atoms with Crippen molar-refractivity contribution in [2.45, 2.75) is 265 Å². The van der Waals surface area contributed by atoms with Crippen LogP contribution in [-0.2, 0) is 28.6 Å². The van der Waals surface area contributed by atoms with Crippen molar-refractivity contribution in [3.05, 3.63) is 0 Å². The molecule has 6 nitrogen and oxygen atoms in total. The van der Waals surface area contributed by atoms with E-state index in [1.165, 1.54) is 154 Å². The minimum atomic E-state index is -0.759. The van der Waals surface area contributed by atoms with Crippen molar-refractivity contribution < 1.29 is 28.6 Å². The van der Waals surface area contributed by atoms with Crippen LogP contribution in [0, 0.1) is 5.92 Å². The Hall–Kier alpha value is -1.59. The van der Waals surface area contributed by atoms with Crippen LogP contribution in [0.25, 0.3) is 0 Å². The van der Waals surface area contributed by atoms with Gasteiger partial charge in [-0.15, -0.1) is 0 Å². The molecule has 0 unspecified atom stereocenters. The van der Waals surface area contributed by atoms with Gasteiger partial charge in [0.2, 0.25) is 0 Å². The lowest BCUT2D eigenvalue weighted by atomic mass is 10.0. The molecule has 0 saturated heterocycles. The van der Waals surface area contributed by atoms with Gasteiger partial charge in [0, 0.05) is 19.3 Å². The quantitative estimate of drug-likeness (QED) is 0.0351. The topological polar surface area (TPSA) is 78.9 Å². The molecule has 0 spiro atoms. The third kappa shape index (κ3) is 41.4. The summed E-state index contributed by atoms with van der Waals surface area (Å²) in [6, 6.07) is 0. The second-order valence-corrected chi connectivity index (χ2v) is 16.5. The fourth-order valence-corrected chi connectivity index (χ4v) is 6.98. The van der Waals surface area contributed by atoms with Crippen LogP contribution in [0.5, 0.6) is 0 Å². The Labute approximate surface area is 329 Å². The van der Waals surface area contributed by atoms with Gasteiger partial charge in [-0.25, -0.2) is 0 Å². The maximum absolute atomic E-state index is 12.7. The number of carbonyl (C=O) groups excluding carboxylic acids is 3. The third-order valence-corrected chi connectivity index (χ3v) is 10.5. The van der Waals surface area contributed by atoms with Crippen molar-refractivity contribution in [3.8, 4) is 0 Å². The zero-order valence-corrected chi connectivity index (χ0v) is 36.0. The Morgan fingerprint density at radius 1 is 0.358 bits per heavy atom. The summed E-state index contributed by atoms with van der Waals surface area (Å²) in [5.74, 6) is -0.0574. The number of rotatable bonds is 42. The van der Waals surface area contributed by atoms with Gasteiger partial charge in [-0.3, -0.25) is 14.4 Å². The molecule has 0 radical (unpaired) electrons. The number of ether oxygens (including phenoxy) is 3. The van der Waals surface area contributed by atoms with E-state index in [1.54, 1.807) is 0 Å². The second-order valence-electron chi connectivity index (χ2n) is 16.5. The van der Waals surface area contributed by atoms with Crippen LogP contribution < -0.4 is 0 Å². The minimum Gasteiger partial charge on any atom is -0.462 e. The average Bonchev–Trinajstić information content (AvgIpc) is 3.14. The van der Waals surface area contributed by atoms with E-state index in [9.17, 15) is 14.4 Å². The molecule has 0 aromatic rings. The number of hydrogen-bond acceptors (Lipinski definition) is 6. The van der Waals surface area contributed by atoms with Gasteiger partial charge in [0.1, 0.15) is 13.2 Å². The van der Waals surface area contributed by atoms with Crippen LogP contribution in [0.3, 0.4) is 0 Å². The number of hydrogen-bond donors (Lipinski definition) is 0. The van der Waals surface area contributed by atoms with Crippen molar-refractivity contribution in [1.82, 2.24) is 0 Å². The summed E-state index contributed by atoms with van der Waals surface area (Å²) in [5.41, 5.74) is 0. The molecule has 53 heavy (non-hydrogen) atoms. The van der Waals surface area contributed by atoms with Gasteiger partial charge < -0.3 is 14.2 Å². The van der Waals surface area contributed by atoms with Crippen LogP contribution in [0.4, 0.5) is 0 Å². The van der Waals surface area contributed by atoms with Crippen molar-refractivity contribution in [2.75, 3.05) is 13.2 Å². The van der Waals surface area contributed by atoms with Crippen LogP contribution in [-0.4, -0.2) is 37.2 Å². The Balaban J connectivity index is 4.33. The molecular weight excluding hydrogens is 661 g/mol. The van der Waals surface area contributed by atoms with Gasteiger partial charge in [0.25, 0.3) is 0 Å². The van der Waals surface area contributed by atoms with Crippen LogP contribution in [0.2, 0.25) is 0 Å². The Morgan fingerprint density at radius 3 is 0.925 bits per heavy atom. The lowest BCUT2D eigenvalue weighted by Gasteiger charge is -2.18. The lowest BCUT2D eigenvalue weighted by molar-refractivity contribution is -0.167. The van der Waals surface area contributed by atoms with Gasteiger partial charge in [0.05, 0.1) is 0 Å². The molecule has 0 aliphatic carbocycles. The molecule has 0 rings (SSSR count). The molecule has 6 heteroatoms. The SMILES string of the molecule is CCCCCCCCCCCCCCCC(=O)O[C@@H](COC(=O)CCCCCCCCCCCCC)COC(=O)CCCCCCCCCCC(C)C. The van der Waals surface area contributed by atoms with Gasteiger partial charge in [0.15, 0.2) is 6.10 Å². The molecule has 0 amide bonds. The molecule has 0 heterocycles. The monoisotopic (exact) mass is 751 g/mol. The van der Waals surface area contributed by atoms with E-state index in [0.29, 0.717) is 19.3 Å². The molecule has 0 aromatic carbocycles. The third-order valence-electron chi connectivity index (χ3n) is 10.5. The first kappa shape index (κ1) is 51.4. The van der Waals surface area contributed by atoms with E-state index in [2.05, 4.69) is 27.7 Å². The van der Waals surface area contributed by atoms with E-state index in [4.69, 9.17) is 14.2 Å². The summed E-state index contributed by atoms with van der Waals surface area (Å²) in [4.78, 5) is 37.7. The number of esters is 3. The van der Waals surface area contributed by atoms with Crippen molar-refractivity contribution >= 4 is 17.9 Å². The normalized spacial score (nSPS) is 11.9. The summed E-state index contributed by atoms with van der Waals surface area (Å²) < 4.78 is 16.7. The molecule has 0 aliphatic rings. The predicted molar refractivity (Wildman–Crippen MR) is 224 cm³/mol. The number of carbonyl (C=O) groups is 3. The number of unbranched alkanes of at least 4 members (excludes halogenated alkanes) is 29. The van der Waals surface area contributed by atoms with Crippen LogP contribution >= 0.6 is 0 Å². The lowest BCUT2D eigenvalue weighted by Crippen LogP contribution is -2.30. The van der Waals surface area contributed by atoms with E-state index in [0.717, 1.165) is 63.7 Å². The highest BCUT2D eigenvalue weighted by Gasteiger charge is 2.19. The van der Waals surface area contributed by atoms with E-state index in [1.807, 2.05) is 0 Å². The van der Waals surface area contributed by atoms with E-state index < -0.39 is 6.10 Å². The summed E-state index contributed by atoms with van der Waals surface area (Å²) >= 11 is 0. The summed E-state index contributed by atoms with van der Waals surface area (Å²) in [6.45, 7) is 8.96. The maximum atomic E-state index is 12.7. The molecule has 0 N–H and O–H groups in total. The Bertz CT molecular complexity index is 796. The van der Waals surface area contributed by atoms with Crippen molar-refractivity contribution in [3.63, 3.8) is 0 Å². The molecule has 1 atom stereocenters. The largest absolute Gasteiger partial charge is 0.462 e. The Kier molecular flexibility index (Phi) is 40.3. The van der Waals surface area contributed by atoms with E-state index in [-0.39, 0.29) is 31.1 Å². The average molecular weight is 751 g/mol. The van der Waals surface area contributed by atoms with Gasteiger partial charge in [-0.1, -0.05) is 220 Å². The van der Waals surface area contributed by atoms with Crippen LogP contribution in [0.15, 0.2) is 0 Å². The molecule has 314 valence electrons. The zero-order valence-electron chi connectivity index (χ0n) is 36.0. The van der Waals surface area contributed by atoms with Gasteiger partial charge in [-0.05, 0) is 25.2 Å². The van der Waals surface area contributed by atoms with E-state index >= 15 is 0 Å². The highest BCUT2D eigenvalue weighted by Crippen LogP contribution is 2.16. The maximum Gasteiger partial charge on any atom is 0.306 e. The first-order valence-corrected chi connectivity index (χ1v) is 23.4. The van der Waals surface area contributed by atoms with Crippen molar-refractivity contribution in [2.24, 2.45) is 5.92 Å². The van der Waals surface area contributed by atoms with Crippen molar-refractivity contribution in [1.29, 1.82) is 0 Å². The molecular formula is C47H90O6. The molecule has 0 aromatic heterocycles. The molecule has 0 bridgehead atoms. The molecule has 0 fully saturated rings. The first-order chi connectivity index (χ1) is 25.9. The summed E-state index contributed by atoms with van der Waals surface area (Å²) in [7, 11) is 0. The fraction of sp³-hybridized carbons (Fsp3) is 0.936. The summed E-state index contributed by atoms with van der Waals surface area (Å²) in [5, 5.41) is 0. The van der Waals surface area contributed by atoms with Crippen LogP contribution in [0.1, 0.15) is 259 Å². The Morgan fingerprint density at radius 2 is 0.623 bits per heavy atom. The minimum absolute atomic E-state index is 0.0638. The highest BCUT2D eigenvalue weighted by atomic mass is 16.6. The summed E-state index contributed by atoms with van der Waals surface area (Å²) in [6.07, 6.45) is 40.8. The first-order valence-electron chi connectivity index (χ1n) is 23.4. The smallest absolute Gasteiger partial charge is 0.306 e. The second kappa shape index (κ2) is 41.6. The fourth-order valence-electron chi connectivity index (χ4n) is 6.98. The van der Waals surface area contributed by atoms with Gasteiger partial charge >= 0.3 is 17.9 Å². The molecule has 0 aliphatic heterocycles. The molecule has 0 saturated carbocycles. The predicted octanol–water partition coefficient (Wildman–Crippen LogP) is 14.7. The van der Waals surface area contributed by atoms with Gasteiger partial charge in [-0.2, -0.15) is 0 Å². The standard InChI is InChI=1S/C47H90O6/c1-5-7-9-11-13-15-17-18-20-22-28-32-36-40-47(50)53-44(41-51-45(48)38-34-30-26-21-19-16-14-12-10-8-6-2)42-52-46(49)39-35-31-27-24-23-25-29-33-37-43(3)4/h43-44H,5-42H2,1-4H3/t44-/m0/s1.